The van der Waals surface area contributed by atoms with E-state index in [9.17, 15) is 0 Å². The summed E-state index contributed by atoms with van der Waals surface area (Å²) in [6.45, 7) is 4.76. The normalized spacial score (nSPS) is 10.3. The van der Waals surface area contributed by atoms with Crippen molar-refractivity contribution >= 4 is 21.4 Å². The zero-order valence-corrected chi connectivity index (χ0v) is 7.20. The van der Waals surface area contributed by atoms with Crippen molar-refractivity contribution in [1.82, 2.24) is 0 Å². The highest BCUT2D eigenvalue weighted by molar-refractivity contribution is 7.80. The van der Waals surface area contributed by atoms with E-state index in [0.29, 0.717) is 0 Å². The second kappa shape index (κ2) is 4.72. The fraction of sp³-hybridized carbons (Fsp3) is 1.00. The summed E-state index contributed by atoms with van der Waals surface area (Å²) in [7, 11) is -0.237. The molecule has 0 N–H and O–H groups in total. The van der Waals surface area contributed by atoms with Gasteiger partial charge in [-0.2, -0.15) is 12.6 Å². The lowest BCUT2D eigenvalue weighted by Crippen LogP contribution is -1.97. The fourth-order valence-corrected chi connectivity index (χ4v) is 2.05. The Kier molecular flexibility index (Phi) is 5.10. The molecule has 0 aliphatic heterocycles. The van der Waals surface area contributed by atoms with E-state index in [1.165, 1.54) is 12.5 Å². The third-order valence-corrected chi connectivity index (χ3v) is 2.82. The first kappa shape index (κ1) is 7.57. The minimum atomic E-state index is -0.237. The van der Waals surface area contributed by atoms with E-state index in [-0.39, 0.29) is 8.80 Å². The molecule has 0 aromatic carbocycles. The Morgan fingerprint density at radius 3 is 2.14 bits per heavy atom. The van der Waals surface area contributed by atoms with Crippen molar-refractivity contribution in [1.29, 1.82) is 0 Å². The first-order valence-electron chi connectivity index (χ1n) is 2.88. The average Bonchev–Trinajstić information content (AvgIpc) is 1.61. The summed E-state index contributed by atoms with van der Waals surface area (Å²) in [4.78, 5) is 0. The molecule has 0 aromatic rings. The smallest absolute Gasteiger partial charge is 0.0305 e. The van der Waals surface area contributed by atoms with Gasteiger partial charge in [-0.3, -0.25) is 0 Å². The summed E-state index contributed by atoms with van der Waals surface area (Å²) in [5, 5.41) is 0. The van der Waals surface area contributed by atoms with E-state index in [2.05, 4.69) is 25.7 Å². The Balaban J connectivity index is 2.68. The minimum Gasteiger partial charge on any atom is -0.179 e. The summed E-state index contributed by atoms with van der Waals surface area (Å²) >= 11 is 4.12. The number of hydrogen-bond acceptors (Lipinski definition) is 1. The third kappa shape index (κ3) is 6.57. The molecule has 0 nitrogen and oxygen atoms in total. The van der Waals surface area contributed by atoms with E-state index >= 15 is 0 Å². The van der Waals surface area contributed by atoms with E-state index in [1.54, 1.807) is 0 Å². The van der Waals surface area contributed by atoms with Gasteiger partial charge in [0, 0.05) is 8.80 Å². The molecule has 0 unspecified atom stereocenters. The number of thiol groups is 1. The molecule has 0 atom stereocenters. The van der Waals surface area contributed by atoms with Gasteiger partial charge in [0.1, 0.15) is 0 Å². The molecule has 44 valence electrons. The molecule has 0 rings (SSSR count). The fourth-order valence-electron chi connectivity index (χ4n) is 0.500. The van der Waals surface area contributed by atoms with Gasteiger partial charge in [0.05, 0.1) is 0 Å². The largest absolute Gasteiger partial charge is 0.179 e. The monoisotopic (exact) mass is 134 g/mol. The van der Waals surface area contributed by atoms with Crippen molar-refractivity contribution < 1.29 is 0 Å². The van der Waals surface area contributed by atoms with Crippen LogP contribution in [0.25, 0.3) is 0 Å². The highest BCUT2D eigenvalue weighted by Crippen LogP contribution is 1.96. The Labute approximate surface area is 53.3 Å². The van der Waals surface area contributed by atoms with Gasteiger partial charge in [0.25, 0.3) is 0 Å². The second-order valence-corrected chi connectivity index (χ2v) is 6.07. The molecule has 0 amide bonds. The van der Waals surface area contributed by atoms with Gasteiger partial charge in [0.15, 0.2) is 0 Å². The molecular weight excluding hydrogens is 120 g/mol. The van der Waals surface area contributed by atoms with Crippen LogP contribution in [-0.4, -0.2) is 14.5 Å². The zero-order chi connectivity index (χ0) is 5.70. The average molecular weight is 134 g/mol. The molecule has 0 saturated heterocycles. The Morgan fingerprint density at radius 2 is 2.00 bits per heavy atom. The lowest BCUT2D eigenvalue weighted by Gasteiger charge is -1.96. The summed E-state index contributed by atoms with van der Waals surface area (Å²) in [5.74, 6) is 1.07. The highest BCUT2D eigenvalue weighted by atomic mass is 32.1. The van der Waals surface area contributed by atoms with Gasteiger partial charge < -0.3 is 0 Å². The lowest BCUT2D eigenvalue weighted by atomic mass is 10.6. The Morgan fingerprint density at radius 1 is 1.43 bits per heavy atom. The molecule has 0 spiro atoms. The van der Waals surface area contributed by atoms with Gasteiger partial charge in [-0.25, -0.2) is 0 Å². The molecule has 0 bridgehead atoms. The Hall–Kier alpha value is 0.567. The van der Waals surface area contributed by atoms with Crippen LogP contribution in [0.2, 0.25) is 19.1 Å². The molecule has 0 aliphatic carbocycles. The maximum atomic E-state index is 4.12. The zero-order valence-electron chi connectivity index (χ0n) is 5.15. The first-order valence-corrected chi connectivity index (χ1v) is 6.64. The van der Waals surface area contributed by atoms with Crippen LogP contribution in [0.1, 0.15) is 6.42 Å². The van der Waals surface area contributed by atoms with E-state index < -0.39 is 0 Å². The molecule has 0 heterocycles. The molecular formula is C5H14SSi. The molecule has 0 fully saturated rings. The summed E-state index contributed by atoms with van der Waals surface area (Å²) < 4.78 is 0. The van der Waals surface area contributed by atoms with Crippen LogP contribution in [0.4, 0.5) is 0 Å². The maximum Gasteiger partial charge on any atom is 0.0305 e. The van der Waals surface area contributed by atoms with Gasteiger partial charge in [-0.1, -0.05) is 19.1 Å². The number of hydrogen-bond donors (Lipinski definition) is 1. The summed E-state index contributed by atoms with van der Waals surface area (Å²) in [5.41, 5.74) is 0. The predicted molar refractivity (Wildman–Crippen MR) is 42.2 cm³/mol. The first-order chi connectivity index (χ1) is 3.27. The maximum absolute atomic E-state index is 4.12. The molecule has 0 radical (unpaired) electrons. The molecule has 0 aliphatic rings. The van der Waals surface area contributed by atoms with Crippen molar-refractivity contribution in [2.24, 2.45) is 0 Å². The van der Waals surface area contributed by atoms with Crippen LogP contribution in [0.15, 0.2) is 0 Å². The van der Waals surface area contributed by atoms with Gasteiger partial charge in [-0.15, -0.1) is 0 Å². The van der Waals surface area contributed by atoms with Crippen LogP contribution in [0.5, 0.6) is 0 Å². The van der Waals surface area contributed by atoms with E-state index in [4.69, 9.17) is 0 Å². The van der Waals surface area contributed by atoms with E-state index in [1.807, 2.05) is 0 Å². The lowest BCUT2D eigenvalue weighted by molar-refractivity contribution is 1.08. The predicted octanol–water partition coefficient (Wildman–Crippen LogP) is 1.79. The standard InChI is InChI=1S/C5H14SSi/c1-7(2)5-3-4-6/h6-7H,3-5H2,1-2H3. The van der Waals surface area contributed by atoms with Crippen molar-refractivity contribution in [2.75, 3.05) is 5.75 Å². The van der Waals surface area contributed by atoms with Crippen molar-refractivity contribution in [3.05, 3.63) is 0 Å². The van der Waals surface area contributed by atoms with Crippen LogP contribution in [-0.2, 0) is 0 Å². The second-order valence-electron chi connectivity index (χ2n) is 2.26. The molecule has 0 aromatic heterocycles. The number of rotatable bonds is 3. The SMILES string of the molecule is C[SiH](C)CCCS. The van der Waals surface area contributed by atoms with Crippen LogP contribution in [0.3, 0.4) is 0 Å². The van der Waals surface area contributed by atoms with Crippen LogP contribution < -0.4 is 0 Å². The summed E-state index contributed by atoms with van der Waals surface area (Å²) in [6.07, 6.45) is 1.33. The minimum absolute atomic E-state index is 0.237. The van der Waals surface area contributed by atoms with Crippen LogP contribution >= 0.6 is 12.6 Å². The van der Waals surface area contributed by atoms with Crippen LogP contribution in [0, 0.1) is 0 Å². The van der Waals surface area contributed by atoms with Crippen molar-refractivity contribution in [3.63, 3.8) is 0 Å². The van der Waals surface area contributed by atoms with Crippen molar-refractivity contribution in [3.8, 4) is 0 Å². The molecule has 2 heteroatoms. The topological polar surface area (TPSA) is 0 Å². The highest BCUT2D eigenvalue weighted by Gasteiger charge is 1.91. The van der Waals surface area contributed by atoms with Gasteiger partial charge >= 0.3 is 0 Å². The molecule has 0 saturated carbocycles. The molecule has 7 heavy (non-hydrogen) atoms. The summed E-state index contributed by atoms with van der Waals surface area (Å²) in [6, 6.07) is 1.46. The van der Waals surface area contributed by atoms with Gasteiger partial charge in [-0.05, 0) is 12.2 Å². The Bertz CT molecular complexity index is 37.1. The van der Waals surface area contributed by atoms with Crippen molar-refractivity contribution in [2.45, 2.75) is 25.6 Å². The van der Waals surface area contributed by atoms with E-state index in [0.717, 1.165) is 5.75 Å². The quantitative estimate of drug-likeness (QED) is 0.441. The van der Waals surface area contributed by atoms with Gasteiger partial charge in [0.2, 0.25) is 0 Å². The third-order valence-electron chi connectivity index (χ3n) is 0.940.